The summed E-state index contributed by atoms with van der Waals surface area (Å²) in [4.78, 5) is 11.8. The van der Waals surface area contributed by atoms with Gasteiger partial charge in [0.2, 0.25) is 0 Å². The summed E-state index contributed by atoms with van der Waals surface area (Å²) in [7, 11) is 0. The average Bonchev–Trinajstić information content (AvgIpc) is 2.30. The Morgan fingerprint density at radius 1 is 0.944 bits per heavy atom. The van der Waals surface area contributed by atoms with Crippen LogP contribution in [0.2, 0.25) is 20.1 Å². The molecular formula is C12H7Cl4NO. The van der Waals surface area contributed by atoms with Gasteiger partial charge in [0.25, 0.3) is 5.56 Å². The van der Waals surface area contributed by atoms with Crippen molar-refractivity contribution in [1.82, 2.24) is 4.57 Å². The molecule has 2 rings (SSSR count). The van der Waals surface area contributed by atoms with E-state index in [1.807, 2.05) is 0 Å². The van der Waals surface area contributed by atoms with Gasteiger partial charge in [0.15, 0.2) is 0 Å². The summed E-state index contributed by atoms with van der Waals surface area (Å²) in [5.41, 5.74) is 0.539. The zero-order chi connectivity index (χ0) is 13.3. The second-order valence-corrected chi connectivity index (χ2v) is 5.35. The van der Waals surface area contributed by atoms with Crippen LogP contribution in [0, 0.1) is 0 Å². The van der Waals surface area contributed by atoms with E-state index in [2.05, 4.69) is 0 Å². The molecule has 0 aliphatic rings. The van der Waals surface area contributed by atoms with Crippen molar-refractivity contribution in [3.63, 3.8) is 0 Å². The number of nitrogens with zero attached hydrogens (tertiary/aromatic N) is 1. The Kier molecular flexibility index (Phi) is 4.23. The highest BCUT2D eigenvalue weighted by molar-refractivity contribution is 6.42. The van der Waals surface area contributed by atoms with Gasteiger partial charge in [-0.1, -0.05) is 52.5 Å². The van der Waals surface area contributed by atoms with Crippen LogP contribution in [0.15, 0.2) is 35.3 Å². The van der Waals surface area contributed by atoms with Crippen molar-refractivity contribution >= 4 is 46.4 Å². The Hall–Kier alpha value is -0.670. The second kappa shape index (κ2) is 5.54. The molecule has 2 nitrogen and oxygen atoms in total. The first kappa shape index (κ1) is 13.8. The van der Waals surface area contributed by atoms with E-state index < -0.39 is 0 Å². The molecule has 0 N–H and O–H groups in total. The van der Waals surface area contributed by atoms with E-state index in [0.717, 1.165) is 5.56 Å². The van der Waals surface area contributed by atoms with Crippen molar-refractivity contribution in [2.45, 2.75) is 6.54 Å². The topological polar surface area (TPSA) is 22.0 Å². The molecule has 0 saturated carbocycles. The molecule has 0 fully saturated rings. The monoisotopic (exact) mass is 321 g/mol. The summed E-state index contributed by atoms with van der Waals surface area (Å²) in [5, 5.41) is 1.40. The van der Waals surface area contributed by atoms with Crippen LogP contribution in [0.5, 0.6) is 0 Å². The lowest BCUT2D eigenvalue weighted by Gasteiger charge is -2.08. The van der Waals surface area contributed by atoms with Crippen molar-refractivity contribution in [3.05, 3.63) is 66.5 Å². The first-order valence-electron chi connectivity index (χ1n) is 4.97. The van der Waals surface area contributed by atoms with Crippen LogP contribution in [-0.2, 0) is 6.54 Å². The van der Waals surface area contributed by atoms with Gasteiger partial charge in [-0.05, 0) is 23.8 Å². The maximum Gasteiger partial charge on any atom is 0.269 e. The predicted octanol–water partition coefficient (Wildman–Crippen LogP) is 4.51. The van der Waals surface area contributed by atoms with E-state index in [1.54, 1.807) is 18.2 Å². The number of pyridine rings is 1. The van der Waals surface area contributed by atoms with Crippen molar-refractivity contribution in [2.75, 3.05) is 0 Å². The van der Waals surface area contributed by atoms with E-state index in [1.165, 1.54) is 16.8 Å². The smallest absolute Gasteiger partial charge is 0.269 e. The Balaban J connectivity index is 2.40. The van der Waals surface area contributed by atoms with Crippen molar-refractivity contribution < 1.29 is 0 Å². The number of rotatable bonds is 2. The zero-order valence-electron chi connectivity index (χ0n) is 8.96. The summed E-state index contributed by atoms with van der Waals surface area (Å²) in [6.07, 6.45) is 1.53. The van der Waals surface area contributed by atoms with Crippen LogP contribution in [0.3, 0.4) is 0 Å². The molecule has 1 heterocycles. The Bertz CT molecular complexity index is 651. The van der Waals surface area contributed by atoms with Crippen molar-refractivity contribution in [3.8, 4) is 0 Å². The van der Waals surface area contributed by atoms with E-state index in [0.29, 0.717) is 21.6 Å². The molecule has 0 unspecified atom stereocenters. The highest BCUT2D eigenvalue weighted by Gasteiger charge is 2.06. The predicted molar refractivity (Wildman–Crippen MR) is 76.3 cm³/mol. The maximum absolute atomic E-state index is 11.8. The van der Waals surface area contributed by atoms with E-state index in [4.69, 9.17) is 46.4 Å². The molecule has 94 valence electrons. The minimum Gasteiger partial charge on any atom is -0.308 e. The highest BCUT2D eigenvalue weighted by atomic mass is 35.5. The number of benzene rings is 1. The van der Waals surface area contributed by atoms with Gasteiger partial charge in [0.1, 0.15) is 5.02 Å². The molecule has 0 amide bonds. The molecule has 0 radical (unpaired) electrons. The molecular weight excluding hydrogens is 316 g/mol. The summed E-state index contributed by atoms with van der Waals surface area (Å²) >= 11 is 23.4. The van der Waals surface area contributed by atoms with Crippen molar-refractivity contribution in [1.29, 1.82) is 0 Å². The average molecular weight is 323 g/mol. The standard InChI is InChI=1S/C12H7Cl4NO/c13-8-4-11(16)12(18)17(6-8)5-7-1-2-9(14)10(15)3-7/h1-4,6H,5H2. The van der Waals surface area contributed by atoms with E-state index >= 15 is 0 Å². The maximum atomic E-state index is 11.8. The summed E-state index contributed by atoms with van der Waals surface area (Å²) in [6, 6.07) is 6.58. The fourth-order valence-electron chi connectivity index (χ4n) is 1.52. The van der Waals surface area contributed by atoms with E-state index in [9.17, 15) is 4.79 Å². The van der Waals surface area contributed by atoms with Crippen molar-refractivity contribution in [2.24, 2.45) is 0 Å². The third-order valence-electron chi connectivity index (χ3n) is 2.35. The van der Waals surface area contributed by atoms with Gasteiger partial charge < -0.3 is 4.57 Å². The number of aromatic nitrogens is 1. The van der Waals surface area contributed by atoms with Gasteiger partial charge in [-0.15, -0.1) is 0 Å². The normalized spacial score (nSPS) is 10.7. The first-order valence-corrected chi connectivity index (χ1v) is 6.48. The highest BCUT2D eigenvalue weighted by Crippen LogP contribution is 2.23. The zero-order valence-corrected chi connectivity index (χ0v) is 12.0. The Labute approximate surface area is 124 Å². The van der Waals surface area contributed by atoms with Crippen LogP contribution in [0.25, 0.3) is 0 Å². The van der Waals surface area contributed by atoms with Gasteiger partial charge in [-0.2, -0.15) is 0 Å². The van der Waals surface area contributed by atoms with E-state index in [-0.39, 0.29) is 10.6 Å². The number of hydrogen-bond donors (Lipinski definition) is 0. The van der Waals surface area contributed by atoms with Crippen LogP contribution in [0.4, 0.5) is 0 Å². The van der Waals surface area contributed by atoms with Gasteiger partial charge in [-0.25, -0.2) is 0 Å². The summed E-state index contributed by atoms with van der Waals surface area (Å²) < 4.78 is 1.42. The number of halogens is 4. The molecule has 0 atom stereocenters. The minimum absolute atomic E-state index is 0.0857. The molecule has 0 bridgehead atoms. The van der Waals surface area contributed by atoms with Crippen LogP contribution in [-0.4, -0.2) is 4.57 Å². The Morgan fingerprint density at radius 3 is 2.33 bits per heavy atom. The third kappa shape index (κ3) is 3.01. The lowest BCUT2D eigenvalue weighted by Crippen LogP contribution is -2.20. The molecule has 0 aliphatic carbocycles. The molecule has 1 aromatic heterocycles. The molecule has 0 saturated heterocycles. The molecule has 18 heavy (non-hydrogen) atoms. The lowest BCUT2D eigenvalue weighted by molar-refractivity contribution is 0.760. The molecule has 0 aliphatic heterocycles. The summed E-state index contributed by atoms with van der Waals surface area (Å²) in [6.45, 7) is 0.329. The quantitative estimate of drug-likeness (QED) is 0.797. The second-order valence-electron chi connectivity index (χ2n) is 3.69. The fraction of sp³-hybridized carbons (Fsp3) is 0.0833. The van der Waals surface area contributed by atoms with Crippen LogP contribution in [0.1, 0.15) is 5.56 Å². The fourth-order valence-corrected chi connectivity index (χ4v) is 2.35. The van der Waals surface area contributed by atoms with Crippen LogP contribution >= 0.6 is 46.4 Å². The van der Waals surface area contributed by atoms with Gasteiger partial charge in [0.05, 0.1) is 21.6 Å². The summed E-state index contributed by atoms with van der Waals surface area (Å²) in [5.74, 6) is 0. The van der Waals surface area contributed by atoms with Gasteiger partial charge >= 0.3 is 0 Å². The Morgan fingerprint density at radius 2 is 1.67 bits per heavy atom. The largest absolute Gasteiger partial charge is 0.308 e. The molecule has 2 aromatic rings. The minimum atomic E-state index is -0.299. The van der Waals surface area contributed by atoms with Gasteiger partial charge in [-0.3, -0.25) is 4.79 Å². The van der Waals surface area contributed by atoms with Gasteiger partial charge in [0, 0.05) is 6.20 Å². The third-order valence-corrected chi connectivity index (χ3v) is 3.56. The molecule has 6 heteroatoms. The molecule has 1 aromatic carbocycles. The number of hydrogen-bond acceptors (Lipinski definition) is 1. The first-order chi connectivity index (χ1) is 8.47. The SMILES string of the molecule is O=c1c(Cl)cc(Cl)cn1Cc1ccc(Cl)c(Cl)c1. The molecule has 0 spiro atoms. The lowest BCUT2D eigenvalue weighted by atomic mass is 10.2. The van der Waals surface area contributed by atoms with Crippen LogP contribution < -0.4 is 5.56 Å².